The molecule has 0 aliphatic carbocycles. The van der Waals surface area contributed by atoms with Crippen molar-refractivity contribution < 1.29 is 4.74 Å². The summed E-state index contributed by atoms with van der Waals surface area (Å²) < 4.78 is 6.63. The molecule has 1 aliphatic heterocycles. The Labute approximate surface area is 124 Å². The molecule has 1 aliphatic rings. The van der Waals surface area contributed by atoms with Crippen molar-refractivity contribution in [3.05, 3.63) is 28.2 Å². The number of benzene rings is 1. The number of ether oxygens (including phenoxy) is 1. The molecule has 2 unspecified atom stereocenters. The fourth-order valence-corrected chi connectivity index (χ4v) is 3.14. The second kappa shape index (κ2) is 6.73. The van der Waals surface area contributed by atoms with Gasteiger partial charge in [-0.25, -0.2) is 0 Å². The molecular weight excluding hydrogens is 304 g/mol. The van der Waals surface area contributed by atoms with Gasteiger partial charge in [-0.1, -0.05) is 22.0 Å². The van der Waals surface area contributed by atoms with Crippen LogP contribution in [0.5, 0.6) is 0 Å². The van der Waals surface area contributed by atoms with Crippen molar-refractivity contribution in [1.82, 2.24) is 0 Å². The molecule has 0 spiro atoms. The van der Waals surface area contributed by atoms with Crippen molar-refractivity contribution in [3.63, 3.8) is 0 Å². The van der Waals surface area contributed by atoms with Gasteiger partial charge in [0.1, 0.15) is 0 Å². The minimum absolute atomic E-state index is 0.190. The maximum absolute atomic E-state index is 5.86. The van der Waals surface area contributed by atoms with E-state index in [1.165, 1.54) is 17.7 Å². The van der Waals surface area contributed by atoms with Gasteiger partial charge in [0.05, 0.1) is 6.10 Å². The zero-order valence-corrected chi connectivity index (χ0v) is 13.3. The molecule has 2 N–H and O–H groups in total. The van der Waals surface area contributed by atoms with E-state index in [1.807, 2.05) is 6.92 Å². The predicted octanol–water partition coefficient (Wildman–Crippen LogP) is 2.95. The zero-order valence-electron chi connectivity index (χ0n) is 11.7. The van der Waals surface area contributed by atoms with Crippen LogP contribution in [-0.4, -0.2) is 32.3 Å². The summed E-state index contributed by atoms with van der Waals surface area (Å²) in [5.41, 5.74) is 8.41. The number of hydrogen-bond acceptors (Lipinski definition) is 3. The molecule has 1 fully saturated rings. The highest BCUT2D eigenvalue weighted by atomic mass is 79.9. The maximum atomic E-state index is 5.86. The fourth-order valence-electron chi connectivity index (χ4n) is 2.61. The number of hydrogen-bond donors (Lipinski definition) is 1. The number of nitrogens with two attached hydrogens (primary N) is 1. The normalized spacial score (nSPS) is 21.5. The topological polar surface area (TPSA) is 38.5 Å². The monoisotopic (exact) mass is 326 g/mol. The molecule has 0 saturated carbocycles. The number of piperidine rings is 1. The highest BCUT2D eigenvalue weighted by Crippen LogP contribution is 2.27. The van der Waals surface area contributed by atoms with Gasteiger partial charge in [-0.2, -0.15) is 0 Å². The van der Waals surface area contributed by atoms with Crippen LogP contribution in [0.4, 0.5) is 5.69 Å². The van der Waals surface area contributed by atoms with Crippen molar-refractivity contribution in [2.75, 3.05) is 25.1 Å². The van der Waals surface area contributed by atoms with E-state index in [9.17, 15) is 0 Å². The van der Waals surface area contributed by atoms with Crippen molar-refractivity contribution in [1.29, 1.82) is 0 Å². The lowest BCUT2D eigenvalue weighted by molar-refractivity contribution is 0.0893. The van der Waals surface area contributed by atoms with Crippen LogP contribution in [0.1, 0.15) is 25.3 Å². The summed E-state index contributed by atoms with van der Waals surface area (Å²) in [6.07, 6.45) is 3.62. The number of methoxy groups -OCH3 is 1. The molecule has 106 valence electrons. The average Bonchev–Trinajstić information content (AvgIpc) is 2.40. The Morgan fingerprint density at radius 2 is 2.32 bits per heavy atom. The number of halogens is 1. The highest BCUT2D eigenvalue weighted by Gasteiger charge is 2.20. The molecule has 1 aromatic rings. The van der Waals surface area contributed by atoms with Crippen molar-refractivity contribution in [2.24, 2.45) is 5.73 Å². The van der Waals surface area contributed by atoms with Crippen LogP contribution in [0.2, 0.25) is 0 Å². The van der Waals surface area contributed by atoms with Gasteiger partial charge in [-0.15, -0.1) is 0 Å². The van der Waals surface area contributed by atoms with Gasteiger partial charge in [0.15, 0.2) is 0 Å². The molecule has 2 atom stereocenters. The van der Waals surface area contributed by atoms with Crippen LogP contribution in [-0.2, 0) is 11.2 Å². The van der Waals surface area contributed by atoms with Crippen molar-refractivity contribution in [2.45, 2.75) is 38.3 Å². The summed E-state index contributed by atoms with van der Waals surface area (Å²) in [6.45, 7) is 4.13. The smallest absolute Gasteiger partial charge is 0.0746 e. The standard InChI is InChI=1S/C15H23BrN2O/c1-11(17)8-12-5-6-13(9-15(12)16)18-7-3-4-14(10-18)19-2/h5-6,9,11,14H,3-4,7-8,10,17H2,1-2H3. The Morgan fingerprint density at radius 1 is 1.53 bits per heavy atom. The van der Waals surface area contributed by atoms with Crippen molar-refractivity contribution in [3.8, 4) is 0 Å². The quantitative estimate of drug-likeness (QED) is 0.924. The first kappa shape index (κ1) is 14.8. The first-order chi connectivity index (χ1) is 9.10. The van der Waals surface area contributed by atoms with Crippen LogP contribution in [0.25, 0.3) is 0 Å². The summed E-state index contributed by atoms with van der Waals surface area (Å²) in [7, 11) is 1.80. The molecule has 0 bridgehead atoms. The Hall–Kier alpha value is -0.580. The Kier molecular flexibility index (Phi) is 5.25. The van der Waals surface area contributed by atoms with E-state index in [-0.39, 0.29) is 6.04 Å². The minimum Gasteiger partial charge on any atom is -0.380 e. The summed E-state index contributed by atoms with van der Waals surface area (Å²) in [4.78, 5) is 2.40. The third kappa shape index (κ3) is 3.94. The average molecular weight is 327 g/mol. The van der Waals surface area contributed by atoms with E-state index in [0.717, 1.165) is 30.4 Å². The summed E-state index contributed by atoms with van der Waals surface area (Å²) in [5.74, 6) is 0. The lowest BCUT2D eigenvalue weighted by Gasteiger charge is -2.34. The number of rotatable bonds is 4. The van der Waals surface area contributed by atoms with Crippen LogP contribution >= 0.6 is 15.9 Å². The molecule has 1 aromatic carbocycles. The lowest BCUT2D eigenvalue weighted by atomic mass is 10.0. The van der Waals surface area contributed by atoms with Crippen LogP contribution in [0.3, 0.4) is 0 Å². The van der Waals surface area contributed by atoms with Gasteiger partial charge in [-0.3, -0.25) is 0 Å². The second-order valence-corrected chi connectivity index (χ2v) is 6.26. The molecule has 1 heterocycles. The number of nitrogens with zero attached hydrogens (tertiary/aromatic N) is 1. The largest absolute Gasteiger partial charge is 0.380 e. The van der Waals surface area contributed by atoms with Crippen LogP contribution in [0.15, 0.2) is 22.7 Å². The predicted molar refractivity (Wildman–Crippen MR) is 83.7 cm³/mol. The van der Waals surface area contributed by atoms with E-state index in [4.69, 9.17) is 10.5 Å². The van der Waals surface area contributed by atoms with Gasteiger partial charge in [0, 0.05) is 36.4 Å². The Morgan fingerprint density at radius 3 is 2.95 bits per heavy atom. The first-order valence-electron chi connectivity index (χ1n) is 6.92. The minimum atomic E-state index is 0.190. The maximum Gasteiger partial charge on any atom is 0.0746 e. The first-order valence-corrected chi connectivity index (χ1v) is 7.71. The summed E-state index contributed by atoms with van der Waals surface area (Å²) >= 11 is 3.66. The number of anilines is 1. The van der Waals surface area contributed by atoms with E-state index >= 15 is 0 Å². The molecule has 4 heteroatoms. The Bertz CT molecular complexity index is 423. The fraction of sp³-hybridized carbons (Fsp3) is 0.600. The zero-order chi connectivity index (χ0) is 13.8. The molecule has 2 rings (SSSR count). The molecule has 0 radical (unpaired) electrons. The van der Waals surface area contributed by atoms with Crippen LogP contribution in [0, 0.1) is 0 Å². The van der Waals surface area contributed by atoms with Gasteiger partial charge in [-0.05, 0) is 43.9 Å². The summed E-state index contributed by atoms with van der Waals surface area (Å²) in [5, 5.41) is 0. The third-order valence-electron chi connectivity index (χ3n) is 3.66. The van der Waals surface area contributed by atoms with E-state index in [2.05, 4.69) is 39.0 Å². The summed E-state index contributed by atoms with van der Waals surface area (Å²) in [6, 6.07) is 6.77. The third-order valence-corrected chi connectivity index (χ3v) is 4.39. The van der Waals surface area contributed by atoms with Gasteiger partial charge < -0.3 is 15.4 Å². The Balaban J connectivity index is 2.10. The van der Waals surface area contributed by atoms with E-state index in [0.29, 0.717) is 6.10 Å². The molecule has 0 amide bonds. The van der Waals surface area contributed by atoms with Crippen LogP contribution < -0.4 is 10.6 Å². The molecule has 19 heavy (non-hydrogen) atoms. The highest BCUT2D eigenvalue weighted by molar-refractivity contribution is 9.10. The SMILES string of the molecule is COC1CCCN(c2ccc(CC(C)N)c(Br)c2)C1. The van der Waals surface area contributed by atoms with Crippen molar-refractivity contribution >= 4 is 21.6 Å². The van der Waals surface area contributed by atoms with Gasteiger partial charge in [0.25, 0.3) is 0 Å². The van der Waals surface area contributed by atoms with Gasteiger partial charge >= 0.3 is 0 Å². The molecule has 0 aromatic heterocycles. The van der Waals surface area contributed by atoms with Gasteiger partial charge in [0.2, 0.25) is 0 Å². The molecular formula is C15H23BrN2O. The van der Waals surface area contributed by atoms with E-state index < -0.39 is 0 Å². The molecule has 1 saturated heterocycles. The lowest BCUT2D eigenvalue weighted by Crippen LogP contribution is -2.39. The second-order valence-electron chi connectivity index (χ2n) is 5.40. The van der Waals surface area contributed by atoms with E-state index in [1.54, 1.807) is 7.11 Å². The molecule has 3 nitrogen and oxygen atoms in total.